The number of aromatic nitrogens is 2. The molecule has 2 rings (SSSR count). The second-order valence-corrected chi connectivity index (χ2v) is 4.85. The van der Waals surface area contributed by atoms with Crippen molar-refractivity contribution in [3.8, 4) is 0 Å². The molecule has 4 N–H and O–H groups in total. The van der Waals surface area contributed by atoms with Crippen LogP contribution in [0.5, 0.6) is 0 Å². The van der Waals surface area contributed by atoms with Crippen LogP contribution in [-0.4, -0.2) is 21.1 Å². The van der Waals surface area contributed by atoms with E-state index in [4.69, 9.17) is 18.0 Å². The van der Waals surface area contributed by atoms with Crippen molar-refractivity contribution in [1.29, 1.82) is 0 Å². The molecule has 0 atom stereocenters. The van der Waals surface area contributed by atoms with Crippen molar-refractivity contribution in [2.24, 2.45) is 5.73 Å². The molecule has 0 bridgehead atoms. The molecule has 2 aromatic rings. The maximum atomic E-state index is 11.9. The Morgan fingerprint density at radius 2 is 2.28 bits per heavy atom. The van der Waals surface area contributed by atoms with E-state index in [1.54, 1.807) is 18.2 Å². The van der Waals surface area contributed by atoms with Gasteiger partial charge in [0.1, 0.15) is 4.99 Å². The number of nitrogens with one attached hydrogen (secondary N) is 2. The highest BCUT2D eigenvalue weighted by atomic mass is 79.9. The molecule has 0 fully saturated rings. The molecule has 5 nitrogen and oxygen atoms in total. The summed E-state index contributed by atoms with van der Waals surface area (Å²) in [6, 6.07) is 5.29. The predicted octanol–water partition coefficient (Wildman–Crippen LogP) is 2.06. The van der Waals surface area contributed by atoms with Crippen LogP contribution in [0.25, 0.3) is 0 Å². The highest BCUT2D eigenvalue weighted by molar-refractivity contribution is 9.10. The van der Waals surface area contributed by atoms with Crippen LogP contribution in [0, 0.1) is 0 Å². The van der Waals surface area contributed by atoms with E-state index in [9.17, 15) is 4.79 Å². The largest absolute Gasteiger partial charge is 0.389 e. The number of rotatable bonds is 3. The number of thiocarbonyl (C=S) groups is 1. The number of amides is 1. The van der Waals surface area contributed by atoms with Gasteiger partial charge in [-0.15, -0.1) is 0 Å². The van der Waals surface area contributed by atoms with Crippen LogP contribution < -0.4 is 11.1 Å². The molecule has 18 heavy (non-hydrogen) atoms. The Labute approximate surface area is 117 Å². The lowest BCUT2D eigenvalue weighted by Crippen LogP contribution is -2.17. The van der Waals surface area contributed by atoms with Gasteiger partial charge in [0.15, 0.2) is 0 Å². The number of nitrogens with two attached hydrogens (primary N) is 1. The lowest BCUT2D eigenvalue weighted by Gasteiger charge is -2.09. The normalized spacial score (nSPS) is 10.1. The van der Waals surface area contributed by atoms with Crippen molar-refractivity contribution in [1.82, 2.24) is 10.2 Å². The molecule has 1 aromatic heterocycles. The number of aromatic amines is 1. The zero-order valence-corrected chi connectivity index (χ0v) is 11.5. The molecule has 0 aliphatic heterocycles. The first-order valence-corrected chi connectivity index (χ1v) is 6.17. The minimum absolute atomic E-state index is 0.221. The van der Waals surface area contributed by atoms with Gasteiger partial charge in [0.05, 0.1) is 17.4 Å². The van der Waals surface area contributed by atoms with Crippen LogP contribution in [0.2, 0.25) is 0 Å². The number of halogens is 1. The SMILES string of the molecule is NC(=S)c1cc(Br)ccc1NC(=O)c1cn[nH]c1. The fourth-order valence-corrected chi connectivity index (χ4v) is 1.93. The third-order valence-electron chi connectivity index (χ3n) is 2.26. The maximum Gasteiger partial charge on any atom is 0.258 e. The number of H-pyrrole nitrogens is 1. The van der Waals surface area contributed by atoms with Gasteiger partial charge in [-0.3, -0.25) is 9.89 Å². The maximum absolute atomic E-state index is 11.9. The van der Waals surface area contributed by atoms with Gasteiger partial charge in [-0.05, 0) is 18.2 Å². The number of hydrogen-bond acceptors (Lipinski definition) is 3. The van der Waals surface area contributed by atoms with Crippen molar-refractivity contribution in [3.05, 3.63) is 46.2 Å². The van der Waals surface area contributed by atoms with Gasteiger partial charge in [0, 0.05) is 16.2 Å². The Morgan fingerprint density at radius 1 is 1.50 bits per heavy atom. The molecule has 0 unspecified atom stereocenters. The Kier molecular flexibility index (Phi) is 3.73. The first-order valence-electron chi connectivity index (χ1n) is 4.97. The zero-order valence-electron chi connectivity index (χ0n) is 9.11. The van der Waals surface area contributed by atoms with E-state index < -0.39 is 0 Å². The summed E-state index contributed by atoms with van der Waals surface area (Å²) in [5, 5.41) is 9.02. The van der Waals surface area contributed by atoms with E-state index in [2.05, 4.69) is 31.4 Å². The molecule has 0 spiro atoms. The molecule has 0 radical (unpaired) electrons. The third-order valence-corrected chi connectivity index (χ3v) is 2.97. The van der Waals surface area contributed by atoms with E-state index in [0.717, 1.165) is 4.47 Å². The summed E-state index contributed by atoms with van der Waals surface area (Å²) in [5.41, 5.74) is 7.23. The third kappa shape index (κ3) is 2.74. The summed E-state index contributed by atoms with van der Waals surface area (Å²) in [4.78, 5) is 12.1. The Bertz CT molecular complexity index is 597. The average Bonchev–Trinajstić information content (AvgIpc) is 2.84. The van der Waals surface area contributed by atoms with Crippen LogP contribution in [0.1, 0.15) is 15.9 Å². The fraction of sp³-hybridized carbons (Fsp3) is 0. The number of benzene rings is 1. The Hall–Kier alpha value is -1.73. The molecule has 7 heteroatoms. The van der Waals surface area contributed by atoms with Crippen molar-refractivity contribution >= 4 is 44.7 Å². The van der Waals surface area contributed by atoms with Crippen LogP contribution in [0.15, 0.2) is 35.1 Å². The van der Waals surface area contributed by atoms with Crippen molar-refractivity contribution in [3.63, 3.8) is 0 Å². The highest BCUT2D eigenvalue weighted by Crippen LogP contribution is 2.21. The number of carbonyl (C=O) groups is 1. The van der Waals surface area contributed by atoms with E-state index in [1.165, 1.54) is 12.4 Å². The number of carbonyl (C=O) groups excluding carboxylic acids is 1. The van der Waals surface area contributed by atoms with E-state index in [-0.39, 0.29) is 10.9 Å². The molecule has 0 saturated heterocycles. The number of hydrogen-bond donors (Lipinski definition) is 3. The molecule has 1 amide bonds. The Balaban J connectivity index is 2.29. The molecule has 1 heterocycles. The fourth-order valence-electron chi connectivity index (χ4n) is 1.40. The molecule has 92 valence electrons. The molecule has 0 saturated carbocycles. The van der Waals surface area contributed by atoms with Crippen molar-refractivity contribution < 1.29 is 4.79 Å². The monoisotopic (exact) mass is 324 g/mol. The first-order chi connectivity index (χ1) is 8.58. The number of nitrogens with zero attached hydrogens (tertiary/aromatic N) is 1. The second kappa shape index (κ2) is 5.28. The van der Waals surface area contributed by atoms with Gasteiger partial charge >= 0.3 is 0 Å². The van der Waals surface area contributed by atoms with Crippen LogP contribution in [0.3, 0.4) is 0 Å². The van der Waals surface area contributed by atoms with Gasteiger partial charge < -0.3 is 11.1 Å². The lowest BCUT2D eigenvalue weighted by molar-refractivity contribution is 0.102. The van der Waals surface area contributed by atoms with Gasteiger partial charge in [0.25, 0.3) is 5.91 Å². The van der Waals surface area contributed by atoms with Crippen LogP contribution >= 0.6 is 28.1 Å². The molecular formula is C11H9BrN4OS. The van der Waals surface area contributed by atoms with Crippen LogP contribution in [-0.2, 0) is 0 Å². The van der Waals surface area contributed by atoms with Crippen molar-refractivity contribution in [2.45, 2.75) is 0 Å². The van der Waals surface area contributed by atoms with E-state index in [0.29, 0.717) is 16.8 Å². The van der Waals surface area contributed by atoms with Gasteiger partial charge in [-0.25, -0.2) is 0 Å². The van der Waals surface area contributed by atoms with Crippen LogP contribution in [0.4, 0.5) is 5.69 Å². The molecule has 1 aromatic carbocycles. The summed E-state index contributed by atoms with van der Waals surface area (Å²) in [6.45, 7) is 0. The quantitative estimate of drug-likeness (QED) is 0.754. The topological polar surface area (TPSA) is 83.8 Å². The lowest BCUT2D eigenvalue weighted by atomic mass is 10.1. The molecular weight excluding hydrogens is 316 g/mol. The number of anilines is 1. The standard InChI is InChI=1S/C11H9BrN4OS/c12-7-1-2-9(8(3-7)10(13)18)16-11(17)6-4-14-15-5-6/h1-5H,(H2,13,18)(H,14,15)(H,16,17). The Morgan fingerprint density at radius 3 is 2.89 bits per heavy atom. The van der Waals surface area contributed by atoms with E-state index in [1.807, 2.05) is 0 Å². The minimum Gasteiger partial charge on any atom is -0.389 e. The zero-order chi connectivity index (χ0) is 13.1. The van der Waals surface area contributed by atoms with E-state index >= 15 is 0 Å². The highest BCUT2D eigenvalue weighted by Gasteiger charge is 2.11. The summed E-state index contributed by atoms with van der Waals surface area (Å²) in [7, 11) is 0. The average molecular weight is 325 g/mol. The van der Waals surface area contributed by atoms with Gasteiger partial charge in [-0.1, -0.05) is 28.1 Å². The summed E-state index contributed by atoms with van der Waals surface area (Å²) in [5.74, 6) is -0.274. The molecule has 0 aliphatic rings. The predicted molar refractivity (Wildman–Crippen MR) is 76.6 cm³/mol. The molecule has 0 aliphatic carbocycles. The summed E-state index contributed by atoms with van der Waals surface area (Å²) in [6.07, 6.45) is 2.95. The second-order valence-electron chi connectivity index (χ2n) is 3.50. The van der Waals surface area contributed by atoms with Gasteiger partial charge in [-0.2, -0.15) is 5.10 Å². The first kappa shape index (κ1) is 12.7. The summed E-state index contributed by atoms with van der Waals surface area (Å²) >= 11 is 8.28. The van der Waals surface area contributed by atoms with Gasteiger partial charge in [0.2, 0.25) is 0 Å². The summed E-state index contributed by atoms with van der Waals surface area (Å²) < 4.78 is 0.839. The smallest absolute Gasteiger partial charge is 0.258 e. The minimum atomic E-state index is -0.274. The van der Waals surface area contributed by atoms with Crippen molar-refractivity contribution in [2.75, 3.05) is 5.32 Å².